The highest BCUT2D eigenvalue weighted by Crippen LogP contribution is 2.49. The summed E-state index contributed by atoms with van der Waals surface area (Å²) in [7, 11) is 1.06. The van der Waals surface area contributed by atoms with Gasteiger partial charge in [-0.25, -0.2) is 107 Å². The van der Waals surface area contributed by atoms with Crippen molar-refractivity contribution >= 4 is 44.8 Å². The SMILES string of the molecule is Cn1cc2c3[nH]c(c(-c4c(F)c(F)c(F)c(F)c4F)c4nc(c(-c5c(F)c(F)c(F)c(F)c5F)c5ccc([nH]5)c(-c5c(F)c(F)c(F)c(F)c5F)c5nc(c3-c3c(F)c(F)c(F)c(F)c3F)OC5=O)C(=O)O4)c2c1. The number of esters is 2. The van der Waals surface area contributed by atoms with Gasteiger partial charge in [-0.2, -0.15) is 0 Å². The number of hydrogen-bond donors (Lipinski definition) is 2. The van der Waals surface area contributed by atoms with Crippen molar-refractivity contribution in [2.45, 2.75) is 0 Å². The largest absolute Gasteiger partial charge is 0.402 e. The van der Waals surface area contributed by atoms with E-state index in [1.54, 1.807) is 0 Å². The predicted molar refractivity (Wildman–Crippen MR) is 208 cm³/mol. The van der Waals surface area contributed by atoms with Crippen LogP contribution in [0.2, 0.25) is 0 Å². The van der Waals surface area contributed by atoms with Gasteiger partial charge in [0.05, 0.1) is 44.4 Å². The summed E-state index contributed by atoms with van der Waals surface area (Å²) in [4.78, 5) is 39.3. The number of nitrogens with zero attached hydrogens (tertiary/aromatic N) is 3. The first-order chi connectivity index (χ1) is 34.8. The van der Waals surface area contributed by atoms with Crippen LogP contribution in [0.15, 0.2) is 24.5 Å². The minimum absolute atomic E-state index is 0.345. The molecule has 378 valence electrons. The van der Waals surface area contributed by atoms with Crippen molar-refractivity contribution < 1.29 is 107 Å². The van der Waals surface area contributed by atoms with Crippen molar-refractivity contribution in [1.29, 1.82) is 0 Å². The van der Waals surface area contributed by atoms with Crippen molar-refractivity contribution in [3.05, 3.63) is 152 Å². The number of ether oxygens (including phenoxy) is 2. The second-order valence-corrected chi connectivity index (χ2v) is 15.5. The Balaban J connectivity index is 1.59. The quantitative estimate of drug-likeness (QED) is 0.0785. The van der Waals surface area contributed by atoms with Crippen LogP contribution in [-0.4, -0.2) is 36.4 Å². The molecule has 8 aromatic rings. The molecule has 0 fully saturated rings. The Bertz CT molecular complexity index is 3790. The van der Waals surface area contributed by atoms with Crippen molar-refractivity contribution in [2.75, 3.05) is 0 Å². The van der Waals surface area contributed by atoms with Crippen LogP contribution in [0.5, 0.6) is 11.8 Å². The Labute approximate surface area is 391 Å². The summed E-state index contributed by atoms with van der Waals surface area (Å²) in [5.74, 6) is -64.5. The topological polar surface area (TPSA) is 115 Å². The molecular weight excluding hydrogens is 1050 g/mol. The number of H-pyrrole nitrogens is 2. The van der Waals surface area contributed by atoms with Crippen molar-refractivity contribution in [3.8, 4) is 56.3 Å². The van der Waals surface area contributed by atoms with Crippen LogP contribution in [0.25, 0.3) is 77.3 Å². The molecule has 0 radical (unpaired) electrons. The summed E-state index contributed by atoms with van der Waals surface area (Å²) in [6.07, 6.45) is 1.59. The second-order valence-electron chi connectivity index (χ2n) is 15.5. The average Bonchev–Trinajstić information content (AvgIpc) is 4.23. The third-order valence-corrected chi connectivity index (χ3v) is 11.4. The molecule has 0 amide bonds. The first-order valence-electron chi connectivity index (χ1n) is 19.6. The molecule has 2 aliphatic rings. The molecular formula is C45H9F20N5O4. The number of carbonyl (C=O) groups is 2. The standard InChI is InChI=1S/C45H9F20N5O4/c1-70-4-6-7(5-70)39-17(15-24(52)32(60)37(65)33(61)25(15)53)43-69-41(45(72)74-43)11(13-20(48)28(56)35(63)29(57)21(13)49)9-3-2-8(66-9)10(12-18(46)26(54)34(62)27(55)19(12)47)40-44(71)73-42(68-40)16(38(6)67-39)14-22(50)30(58)36(64)31(59)23(14)51/h2-5,66-67H,1H3. The molecule has 74 heavy (non-hydrogen) atoms. The Morgan fingerprint density at radius 3 is 0.865 bits per heavy atom. The minimum Gasteiger partial charge on any atom is -0.402 e. The number of benzene rings is 4. The van der Waals surface area contributed by atoms with Gasteiger partial charge in [0, 0.05) is 52.4 Å². The fourth-order valence-corrected chi connectivity index (χ4v) is 8.20. The molecule has 0 aliphatic carbocycles. The maximum absolute atomic E-state index is 16.2. The van der Waals surface area contributed by atoms with E-state index in [1.165, 1.54) is 0 Å². The van der Waals surface area contributed by atoms with Gasteiger partial charge in [0.25, 0.3) is 0 Å². The number of carbonyl (C=O) groups excluding carboxylic acids is 2. The second kappa shape index (κ2) is 16.6. The van der Waals surface area contributed by atoms with E-state index in [0.717, 1.165) is 24.0 Å². The van der Waals surface area contributed by atoms with Gasteiger partial charge in [0.1, 0.15) is 0 Å². The van der Waals surface area contributed by atoms with Crippen LogP contribution >= 0.6 is 0 Å². The smallest absolute Gasteiger partial charge is 0.364 e. The number of rotatable bonds is 4. The lowest BCUT2D eigenvalue weighted by atomic mass is 10.0. The monoisotopic (exact) mass is 1060 g/mol. The molecule has 4 aromatic carbocycles. The predicted octanol–water partition coefficient (Wildman–Crippen LogP) is 12.7. The van der Waals surface area contributed by atoms with Gasteiger partial charge in [-0.1, -0.05) is 0 Å². The number of aromatic amines is 2. The minimum atomic E-state index is -2.87. The van der Waals surface area contributed by atoms with E-state index < -0.39 is 229 Å². The van der Waals surface area contributed by atoms with Crippen LogP contribution in [0.3, 0.4) is 0 Å². The molecule has 0 atom stereocenters. The van der Waals surface area contributed by atoms with Crippen LogP contribution in [-0.2, 0) is 7.05 Å². The molecule has 0 saturated carbocycles. The summed E-state index contributed by atoms with van der Waals surface area (Å²) in [6, 6.07) is 0.690. The zero-order valence-electron chi connectivity index (χ0n) is 34.8. The number of aryl methyl sites for hydroxylation is 1. The summed E-state index contributed by atoms with van der Waals surface area (Å²) < 4.78 is 319. The Morgan fingerprint density at radius 1 is 0.351 bits per heavy atom. The van der Waals surface area contributed by atoms with Crippen molar-refractivity contribution in [2.24, 2.45) is 7.05 Å². The molecule has 6 heterocycles. The van der Waals surface area contributed by atoms with E-state index >= 15 is 70.2 Å². The zero-order valence-corrected chi connectivity index (χ0v) is 34.8. The molecule has 0 unspecified atom stereocenters. The summed E-state index contributed by atoms with van der Waals surface area (Å²) in [5.41, 5.74) is -24.5. The summed E-state index contributed by atoms with van der Waals surface area (Å²) in [6.45, 7) is 0. The number of hydrogen-bond acceptors (Lipinski definition) is 6. The lowest BCUT2D eigenvalue weighted by molar-refractivity contribution is 0.0746. The van der Waals surface area contributed by atoms with Gasteiger partial charge in [0.2, 0.25) is 35.0 Å². The van der Waals surface area contributed by atoms with Gasteiger partial charge < -0.3 is 24.0 Å². The lowest BCUT2D eigenvalue weighted by Gasteiger charge is -2.11. The molecule has 2 aliphatic heterocycles. The fourth-order valence-electron chi connectivity index (χ4n) is 8.20. The molecule has 9 nitrogen and oxygen atoms in total. The normalized spacial score (nSPS) is 12.7. The van der Waals surface area contributed by atoms with Crippen LogP contribution < -0.4 is 9.47 Å². The third-order valence-electron chi connectivity index (χ3n) is 11.4. The maximum atomic E-state index is 16.2. The maximum Gasteiger partial charge on any atom is 0.364 e. The number of nitrogens with one attached hydrogen (secondary N) is 2. The molecule has 2 N–H and O–H groups in total. The Morgan fingerprint density at radius 2 is 0.595 bits per heavy atom. The highest BCUT2D eigenvalue weighted by molar-refractivity contribution is 6.17. The van der Waals surface area contributed by atoms with Gasteiger partial charge in [-0.05, 0) is 12.1 Å². The summed E-state index contributed by atoms with van der Waals surface area (Å²) >= 11 is 0. The van der Waals surface area contributed by atoms with Crippen LogP contribution in [0.4, 0.5) is 87.8 Å². The highest BCUT2D eigenvalue weighted by Gasteiger charge is 2.40. The first-order valence-corrected chi connectivity index (χ1v) is 19.6. The molecule has 8 bridgehead atoms. The van der Waals surface area contributed by atoms with E-state index in [0.29, 0.717) is 12.1 Å². The van der Waals surface area contributed by atoms with E-state index in [2.05, 4.69) is 15.0 Å². The molecule has 4 aromatic heterocycles. The molecule has 10 rings (SSSR count). The van der Waals surface area contributed by atoms with Crippen molar-refractivity contribution in [1.82, 2.24) is 24.5 Å². The zero-order chi connectivity index (χ0) is 53.7. The van der Waals surface area contributed by atoms with E-state index in [-0.39, 0.29) is 0 Å². The lowest BCUT2D eigenvalue weighted by Crippen LogP contribution is -2.09. The average molecular weight is 1060 g/mol. The van der Waals surface area contributed by atoms with Gasteiger partial charge >= 0.3 is 11.9 Å². The molecule has 0 spiro atoms. The third kappa shape index (κ3) is 6.59. The van der Waals surface area contributed by atoms with Crippen molar-refractivity contribution in [3.63, 3.8) is 0 Å². The number of halogens is 20. The number of aromatic nitrogens is 5. The highest BCUT2D eigenvalue weighted by atomic mass is 19.2. The Hall–Kier alpha value is -8.92. The van der Waals surface area contributed by atoms with E-state index in [4.69, 9.17) is 9.47 Å². The summed E-state index contributed by atoms with van der Waals surface area (Å²) in [5, 5.41) is -1.56. The van der Waals surface area contributed by atoms with Crippen LogP contribution in [0.1, 0.15) is 21.0 Å². The van der Waals surface area contributed by atoms with E-state index in [9.17, 15) is 27.2 Å². The number of fused-ring (bicyclic) bond motifs is 11. The van der Waals surface area contributed by atoms with Gasteiger partial charge in [-0.15, -0.1) is 0 Å². The molecule has 29 heteroatoms. The van der Waals surface area contributed by atoms with Gasteiger partial charge in [-0.3, -0.25) is 0 Å². The first kappa shape index (κ1) is 48.7. The fraction of sp³-hybridized carbons (Fsp3) is 0.0222. The Kier molecular flexibility index (Phi) is 10.9. The van der Waals surface area contributed by atoms with E-state index in [1.807, 2.05) is 4.98 Å². The molecule has 0 saturated heterocycles. The van der Waals surface area contributed by atoms with Crippen LogP contribution in [0, 0.1) is 116 Å². The van der Waals surface area contributed by atoms with Gasteiger partial charge in [0.15, 0.2) is 104 Å².